The van der Waals surface area contributed by atoms with E-state index < -0.39 is 0 Å². The lowest BCUT2D eigenvalue weighted by Crippen LogP contribution is -2.11. The number of amides is 1. The molecule has 0 unspecified atom stereocenters. The third-order valence-electron chi connectivity index (χ3n) is 4.91. The Balaban J connectivity index is 1.35. The van der Waals surface area contributed by atoms with Crippen LogP contribution in [0.25, 0.3) is 15.9 Å². The number of nitrogens with one attached hydrogen (secondary N) is 1. The van der Waals surface area contributed by atoms with Crippen molar-refractivity contribution in [1.29, 1.82) is 0 Å². The third-order valence-corrected chi connectivity index (χ3v) is 6.02. The number of fused-ring (bicyclic) bond motifs is 1. The first-order chi connectivity index (χ1) is 15.1. The van der Waals surface area contributed by atoms with Gasteiger partial charge in [0.15, 0.2) is 5.82 Å². The summed E-state index contributed by atoms with van der Waals surface area (Å²) in [7, 11) is 0. The van der Waals surface area contributed by atoms with Gasteiger partial charge in [0.1, 0.15) is 10.6 Å². The van der Waals surface area contributed by atoms with Gasteiger partial charge in [-0.05, 0) is 42.8 Å². The van der Waals surface area contributed by atoms with Crippen molar-refractivity contribution in [3.05, 3.63) is 94.9 Å². The summed E-state index contributed by atoms with van der Waals surface area (Å²) in [5, 5.41) is 12.8. The van der Waals surface area contributed by atoms with Crippen molar-refractivity contribution in [2.45, 2.75) is 13.5 Å². The molecule has 0 aliphatic heterocycles. The molecular weight excluding hydrogens is 413 g/mol. The zero-order valence-corrected chi connectivity index (χ0v) is 17.4. The number of carbonyl (C=O) groups is 1. The van der Waals surface area contributed by atoms with Crippen LogP contribution in [0.2, 0.25) is 0 Å². The van der Waals surface area contributed by atoms with Gasteiger partial charge < -0.3 is 5.32 Å². The minimum absolute atomic E-state index is 0.216. The summed E-state index contributed by atoms with van der Waals surface area (Å²) in [5.74, 6) is -0.0238. The molecule has 0 radical (unpaired) electrons. The van der Waals surface area contributed by atoms with Gasteiger partial charge in [0.25, 0.3) is 5.91 Å². The minimum Gasteiger partial charge on any atom is -0.304 e. The number of nitrogens with zero attached hydrogens (tertiary/aromatic N) is 4. The molecule has 0 fully saturated rings. The highest BCUT2D eigenvalue weighted by Crippen LogP contribution is 2.30. The molecule has 0 atom stereocenters. The minimum atomic E-state index is -0.272. The van der Waals surface area contributed by atoms with E-state index in [1.807, 2.05) is 48.0 Å². The van der Waals surface area contributed by atoms with Crippen LogP contribution in [0.4, 0.5) is 10.2 Å². The molecule has 1 N–H and O–H groups in total. The standard InChI is InChI=1S/C23H18FN5OS/c1-15-19-13-20(31-23(19)29(26-15)18-5-3-2-4-6-18)22(30)25-21-11-12-28(27-21)14-16-7-9-17(24)10-8-16/h2-13H,14H2,1H3,(H,25,27,30). The van der Waals surface area contributed by atoms with Crippen LogP contribution < -0.4 is 5.32 Å². The van der Waals surface area contributed by atoms with Gasteiger partial charge in [-0.1, -0.05) is 30.3 Å². The molecule has 31 heavy (non-hydrogen) atoms. The SMILES string of the molecule is Cc1nn(-c2ccccc2)c2sc(C(=O)Nc3ccn(Cc4ccc(F)cc4)n3)cc12. The lowest BCUT2D eigenvalue weighted by Gasteiger charge is -2.03. The molecule has 3 aromatic heterocycles. The molecule has 0 saturated heterocycles. The number of thiophene rings is 1. The molecule has 154 valence electrons. The van der Waals surface area contributed by atoms with Crippen molar-refractivity contribution in [2.75, 3.05) is 5.32 Å². The van der Waals surface area contributed by atoms with Crippen molar-refractivity contribution in [2.24, 2.45) is 0 Å². The second-order valence-electron chi connectivity index (χ2n) is 7.14. The van der Waals surface area contributed by atoms with E-state index in [2.05, 4.69) is 15.5 Å². The topological polar surface area (TPSA) is 64.7 Å². The number of anilines is 1. The van der Waals surface area contributed by atoms with E-state index in [4.69, 9.17) is 0 Å². The summed E-state index contributed by atoms with van der Waals surface area (Å²) in [4.78, 5) is 14.3. The van der Waals surface area contributed by atoms with Crippen molar-refractivity contribution in [3.63, 3.8) is 0 Å². The maximum atomic E-state index is 13.1. The third kappa shape index (κ3) is 3.85. The second-order valence-corrected chi connectivity index (χ2v) is 8.17. The Morgan fingerprint density at radius 1 is 1.06 bits per heavy atom. The van der Waals surface area contributed by atoms with E-state index in [-0.39, 0.29) is 11.7 Å². The Morgan fingerprint density at radius 2 is 1.84 bits per heavy atom. The number of halogens is 1. The number of rotatable bonds is 5. The molecule has 6 nitrogen and oxygen atoms in total. The molecule has 5 aromatic rings. The fourth-order valence-corrected chi connectivity index (χ4v) is 4.45. The highest BCUT2D eigenvalue weighted by molar-refractivity contribution is 7.20. The number of hydrogen-bond acceptors (Lipinski definition) is 4. The average Bonchev–Trinajstić information content (AvgIpc) is 3.47. The Bertz CT molecular complexity index is 1370. The maximum absolute atomic E-state index is 13.1. The van der Waals surface area contributed by atoms with Crippen LogP contribution in [0.3, 0.4) is 0 Å². The zero-order valence-electron chi connectivity index (χ0n) is 16.6. The van der Waals surface area contributed by atoms with Crippen molar-refractivity contribution >= 4 is 33.3 Å². The number of carbonyl (C=O) groups excluding carboxylic acids is 1. The summed E-state index contributed by atoms with van der Waals surface area (Å²) in [6, 6.07) is 19.7. The summed E-state index contributed by atoms with van der Waals surface area (Å²) in [6.07, 6.45) is 1.78. The van der Waals surface area contributed by atoms with Gasteiger partial charge >= 0.3 is 0 Å². The highest BCUT2D eigenvalue weighted by Gasteiger charge is 2.18. The Kier molecular flexibility index (Phi) is 4.83. The molecule has 0 spiro atoms. The number of aryl methyl sites for hydroxylation is 1. The lowest BCUT2D eigenvalue weighted by atomic mass is 10.2. The van der Waals surface area contributed by atoms with Gasteiger partial charge in [0, 0.05) is 17.6 Å². The molecule has 3 heterocycles. The van der Waals surface area contributed by atoms with Gasteiger partial charge in [-0.25, -0.2) is 9.07 Å². The summed E-state index contributed by atoms with van der Waals surface area (Å²) in [6.45, 7) is 2.43. The molecule has 2 aromatic carbocycles. The maximum Gasteiger partial charge on any atom is 0.267 e. The van der Waals surface area contributed by atoms with Crippen LogP contribution in [-0.4, -0.2) is 25.5 Å². The van der Waals surface area contributed by atoms with Gasteiger partial charge in [-0.2, -0.15) is 10.2 Å². The number of benzene rings is 2. The van der Waals surface area contributed by atoms with Gasteiger partial charge in [-0.3, -0.25) is 9.48 Å². The quantitative estimate of drug-likeness (QED) is 0.424. The summed E-state index contributed by atoms with van der Waals surface area (Å²) >= 11 is 1.40. The first-order valence-electron chi connectivity index (χ1n) is 9.71. The molecule has 0 aliphatic carbocycles. The lowest BCUT2D eigenvalue weighted by molar-refractivity contribution is 0.103. The number of aromatic nitrogens is 4. The van der Waals surface area contributed by atoms with E-state index in [0.717, 1.165) is 27.2 Å². The van der Waals surface area contributed by atoms with E-state index in [1.165, 1.54) is 23.5 Å². The van der Waals surface area contributed by atoms with Gasteiger partial charge in [0.05, 0.1) is 22.8 Å². The molecule has 8 heteroatoms. The molecular formula is C23H18FN5OS. The summed E-state index contributed by atoms with van der Waals surface area (Å²) < 4.78 is 16.6. The first kappa shape index (κ1) is 19.2. The van der Waals surface area contributed by atoms with Crippen molar-refractivity contribution in [1.82, 2.24) is 19.6 Å². The second kappa shape index (κ2) is 7.81. The number of para-hydroxylation sites is 1. The average molecular weight is 431 g/mol. The highest BCUT2D eigenvalue weighted by atomic mass is 32.1. The van der Waals surface area contributed by atoms with Gasteiger partial charge in [0.2, 0.25) is 0 Å². The van der Waals surface area contributed by atoms with Crippen LogP contribution in [0.15, 0.2) is 72.9 Å². The smallest absolute Gasteiger partial charge is 0.267 e. The van der Waals surface area contributed by atoms with Crippen LogP contribution in [0.5, 0.6) is 0 Å². The summed E-state index contributed by atoms with van der Waals surface area (Å²) in [5.41, 5.74) is 2.75. The van der Waals surface area contributed by atoms with Crippen molar-refractivity contribution < 1.29 is 9.18 Å². The fourth-order valence-electron chi connectivity index (χ4n) is 3.37. The fraction of sp³-hybridized carbons (Fsp3) is 0.0870. The Labute approximate surface area is 181 Å². The first-order valence-corrected chi connectivity index (χ1v) is 10.5. The van der Waals surface area contributed by atoms with Crippen LogP contribution in [0, 0.1) is 12.7 Å². The predicted octanol–water partition coefficient (Wildman–Crippen LogP) is 5.03. The monoisotopic (exact) mass is 431 g/mol. The molecule has 0 bridgehead atoms. The largest absolute Gasteiger partial charge is 0.304 e. The molecule has 5 rings (SSSR count). The zero-order chi connectivity index (χ0) is 21.4. The molecule has 0 saturated carbocycles. The Morgan fingerprint density at radius 3 is 2.61 bits per heavy atom. The molecule has 0 aliphatic rings. The van der Waals surface area contributed by atoms with E-state index >= 15 is 0 Å². The normalized spacial score (nSPS) is 11.2. The van der Waals surface area contributed by atoms with Crippen LogP contribution in [0.1, 0.15) is 20.9 Å². The van der Waals surface area contributed by atoms with Crippen LogP contribution in [-0.2, 0) is 6.54 Å². The Hall–Kier alpha value is -3.78. The van der Waals surface area contributed by atoms with Gasteiger partial charge in [-0.15, -0.1) is 11.3 Å². The van der Waals surface area contributed by atoms with Crippen molar-refractivity contribution in [3.8, 4) is 5.69 Å². The van der Waals surface area contributed by atoms with E-state index in [9.17, 15) is 9.18 Å². The van der Waals surface area contributed by atoms with Crippen LogP contribution >= 0.6 is 11.3 Å². The van der Waals surface area contributed by atoms with E-state index in [1.54, 1.807) is 29.1 Å². The van der Waals surface area contributed by atoms with E-state index in [0.29, 0.717) is 17.2 Å². The number of hydrogen-bond donors (Lipinski definition) is 1. The predicted molar refractivity (Wildman–Crippen MR) is 119 cm³/mol. The molecule has 1 amide bonds.